The molecule has 0 saturated carbocycles. The number of halogens is 2. The lowest BCUT2D eigenvalue weighted by atomic mass is 9.96. The molecule has 2 N–H and O–H groups in total. The molecule has 0 saturated heterocycles. The Morgan fingerprint density at radius 1 is 1.33 bits per heavy atom. The Labute approximate surface area is 87.9 Å². The first-order valence-corrected chi connectivity index (χ1v) is 4.75. The van der Waals surface area contributed by atoms with Crippen LogP contribution in [0.3, 0.4) is 0 Å². The monoisotopic (exact) mass is 215 g/mol. The minimum absolute atomic E-state index is 0.283. The molecule has 1 unspecified atom stereocenters. The van der Waals surface area contributed by atoms with Crippen molar-refractivity contribution in [2.24, 2.45) is 0 Å². The second-order valence-corrected chi connectivity index (χ2v) is 3.95. The van der Waals surface area contributed by atoms with Crippen LogP contribution < -0.4 is 5.32 Å². The zero-order valence-corrected chi connectivity index (χ0v) is 8.85. The molecule has 0 fully saturated rings. The fourth-order valence-corrected chi connectivity index (χ4v) is 1.53. The maximum absolute atomic E-state index is 12.9. The topological polar surface area (TPSA) is 32.3 Å². The summed E-state index contributed by atoms with van der Waals surface area (Å²) >= 11 is 0. The van der Waals surface area contributed by atoms with Gasteiger partial charge in [0.25, 0.3) is 0 Å². The SMILES string of the molecule is CNCC(C)(O)Cc1ccc(F)c(F)c1. The van der Waals surface area contributed by atoms with Crippen LogP contribution in [0, 0.1) is 11.6 Å². The van der Waals surface area contributed by atoms with Crippen LogP contribution in [0.25, 0.3) is 0 Å². The van der Waals surface area contributed by atoms with E-state index in [1.165, 1.54) is 6.07 Å². The minimum atomic E-state index is -0.959. The van der Waals surface area contributed by atoms with Crippen molar-refractivity contribution >= 4 is 0 Å². The average molecular weight is 215 g/mol. The van der Waals surface area contributed by atoms with Gasteiger partial charge in [-0.05, 0) is 31.7 Å². The zero-order chi connectivity index (χ0) is 11.5. The molecule has 1 aromatic rings. The second-order valence-electron chi connectivity index (χ2n) is 3.95. The van der Waals surface area contributed by atoms with E-state index in [4.69, 9.17) is 0 Å². The third kappa shape index (κ3) is 3.57. The van der Waals surface area contributed by atoms with Gasteiger partial charge in [-0.1, -0.05) is 6.07 Å². The summed E-state index contributed by atoms with van der Waals surface area (Å²) in [6, 6.07) is 3.65. The molecule has 0 amide bonds. The number of hydrogen-bond acceptors (Lipinski definition) is 2. The molecule has 0 radical (unpaired) electrons. The Morgan fingerprint density at radius 3 is 2.53 bits per heavy atom. The van der Waals surface area contributed by atoms with E-state index in [9.17, 15) is 13.9 Å². The van der Waals surface area contributed by atoms with Crippen molar-refractivity contribution in [2.45, 2.75) is 18.9 Å². The number of hydrogen-bond donors (Lipinski definition) is 2. The summed E-state index contributed by atoms with van der Waals surface area (Å²) in [5.74, 6) is -1.75. The molecule has 0 aliphatic heterocycles. The van der Waals surface area contributed by atoms with Crippen LogP contribution in [-0.4, -0.2) is 24.3 Å². The van der Waals surface area contributed by atoms with Crippen LogP contribution in [0.4, 0.5) is 8.78 Å². The van der Waals surface area contributed by atoms with Crippen LogP contribution in [0.1, 0.15) is 12.5 Å². The molecule has 4 heteroatoms. The molecule has 1 atom stereocenters. The van der Waals surface area contributed by atoms with Crippen LogP contribution in [-0.2, 0) is 6.42 Å². The second kappa shape index (κ2) is 4.68. The van der Waals surface area contributed by atoms with E-state index in [-0.39, 0.29) is 6.42 Å². The molecule has 0 spiro atoms. The number of rotatable bonds is 4. The normalized spacial score (nSPS) is 15.0. The summed E-state index contributed by atoms with van der Waals surface area (Å²) in [6.07, 6.45) is 0.283. The molecule has 1 rings (SSSR count). The number of nitrogens with one attached hydrogen (secondary N) is 1. The van der Waals surface area contributed by atoms with Crippen LogP contribution in [0.5, 0.6) is 0 Å². The van der Waals surface area contributed by atoms with Crippen molar-refractivity contribution in [1.82, 2.24) is 5.32 Å². The fourth-order valence-electron chi connectivity index (χ4n) is 1.53. The van der Waals surface area contributed by atoms with Gasteiger partial charge in [-0.2, -0.15) is 0 Å². The maximum atomic E-state index is 12.9. The van der Waals surface area contributed by atoms with Crippen molar-refractivity contribution < 1.29 is 13.9 Å². The summed E-state index contributed by atoms with van der Waals surface area (Å²) < 4.78 is 25.5. The van der Waals surface area contributed by atoms with Gasteiger partial charge < -0.3 is 10.4 Å². The summed E-state index contributed by atoms with van der Waals surface area (Å²) in [5.41, 5.74) is -0.381. The predicted octanol–water partition coefficient (Wildman–Crippen LogP) is 1.48. The molecular weight excluding hydrogens is 200 g/mol. The van der Waals surface area contributed by atoms with E-state index in [1.54, 1.807) is 14.0 Å². The average Bonchev–Trinajstić information content (AvgIpc) is 2.10. The minimum Gasteiger partial charge on any atom is -0.389 e. The van der Waals surface area contributed by atoms with Crippen LogP contribution in [0.15, 0.2) is 18.2 Å². The first-order chi connectivity index (χ1) is 6.94. The molecule has 2 nitrogen and oxygen atoms in total. The van der Waals surface area contributed by atoms with Gasteiger partial charge in [-0.3, -0.25) is 0 Å². The fraction of sp³-hybridized carbons (Fsp3) is 0.455. The Morgan fingerprint density at radius 2 is 2.00 bits per heavy atom. The van der Waals surface area contributed by atoms with E-state index in [2.05, 4.69) is 5.32 Å². The summed E-state index contributed by atoms with van der Waals surface area (Å²) in [7, 11) is 1.72. The summed E-state index contributed by atoms with van der Waals surface area (Å²) in [6.45, 7) is 2.04. The Kier molecular flexibility index (Phi) is 3.77. The van der Waals surface area contributed by atoms with E-state index in [0.717, 1.165) is 12.1 Å². The van der Waals surface area contributed by atoms with Gasteiger partial charge in [0.1, 0.15) is 0 Å². The van der Waals surface area contributed by atoms with Crippen molar-refractivity contribution in [1.29, 1.82) is 0 Å². The molecular formula is C11H15F2NO. The van der Waals surface area contributed by atoms with Crippen molar-refractivity contribution in [3.8, 4) is 0 Å². The molecule has 0 heterocycles. The molecule has 0 aliphatic carbocycles. The lowest BCUT2D eigenvalue weighted by Crippen LogP contribution is -2.38. The third-order valence-electron chi connectivity index (χ3n) is 2.13. The number of aliphatic hydroxyl groups is 1. The van der Waals surface area contributed by atoms with Crippen molar-refractivity contribution in [2.75, 3.05) is 13.6 Å². The Hall–Kier alpha value is -1.00. The molecule has 84 valence electrons. The van der Waals surface area contributed by atoms with Gasteiger partial charge in [0, 0.05) is 13.0 Å². The zero-order valence-electron chi connectivity index (χ0n) is 8.85. The smallest absolute Gasteiger partial charge is 0.159 e. The van der Waals surface area contributed by atoms with E-state index < -0.39 is 17.2 Å². The highest BCUT2D eigenvalue weighted by Gasteiger charge is 2.20. The van der Waals surface area contributed by atoms with Gasteiger partial charge in [0.15, 0.2) is 11.6 Å². The van der Waals surface area contributed by atoms with Gasteiger partial charge in [-0.15, -0.1) is 0 Å². The first-order valence-electron chi connectivity index (χ1n) is 4.75. The molecule has 0 bridgehead atoms. The maximum Gasteiger partial charge on any atom is 0.159 e. The van der Waals surface area contributed by atoms with Crippen molar-refractivity contribution in [3.63, 3.8) is 0 Å². The summed E-state index contributed by atoms with van der Waals surface area (Å²) in [4.78, 5) is 0. The Bertz CT molecular complexity index is 339. The largest absolute Gasteiger partial charge is 0.389 e. The summed E-state index contributed by atoms with van der Waals surface area (Å²) in [5, 5.41) is 12.7. The van der Waals surface area contributed by atoms with E-state index in [1.807, 2.05) is 0 Å². The molecule has 0 aliphatic rings. The van der Waals surface area contributed by atoms with Crippen molar-refractivity contribution in [3.05, 3.63) is 35.4 Å². The van der Waals surface area contributed by atoms with Crippen LogP contribution in [0.2, 0.25) is 0 Å². The lowest BCUT2D eigenvalue weighted by Gasteiger charge is -2.22. The highest BCUT2D eigenvalue weighted by Crippen LogP contribution is 2.15. The standard InChI is InChI=1S/C11H15F2NO/c1-11(15,7-14-2)6-8-3-4-9(12)10(13)5-8/h3-5,14-15H,6-7H2,1-2H3. The van der Waals surface area contributed by atoms with E-state index in [0.29, 0.717) is 12.1 Å². The predicted molar refractivity (Wildman–Crippen MR) is 54.6 cm³/mol. The molecule has 1 aromatic carbocycles. The quantitative estimate of drug-likeness (QED) is 0.797. The third-order valence-corrected chi connectivity index (χ3v) is 2.13. The van der Waals surface area contributed by atoms with Crippen LogP contribution >= 0.6 is 0 Å². The first kappa shape index (κ1) is 12.1. The van der Waals surface area contributed by atoms with Gasteiger partial charge in [0.05, 0.1) is 5.60 Å². The molecule has 0 aromatic heterocycles. The molecule has 15 heavy (non-hydrogen) atoms. The van der Waals surface area contributed by atoms with Gasteiger partial charge >= 0.3 is 0 Å². The number of benzene rings is 1. The Balaban J connectivity index is 2.76. The van der Waals surface area contributed by atoms with Gasteiger partial charge in [0.2, 0.25) is 0 Å². The lowest BCUT2D eigenvalue weighted by molar-refractivity contribution is 0.0622. The highest BCUT2D eigenvalue weighted by molar-refractivity contribution is 5.19. The number of likely N-dealkylation sites (N-methyl/N-ethyl adjacent to an activating group) is 1. The highest BCUT2D eigenvalue weighted by atomic mass is 19.2. The van der Waals surface area contributed by atoms with Gasteiger partial charge in [-0.25, -0.2) is 8.78 Å². The van der Waals surface area contributed by atoms with E-state index >= 15 is 0 Å².